The van der Waals surface area contributed by atoms with Gasteiger partial charge in [0, 0.05) is 11.3 Å². The van der Waals surface area contributed by atoms with Crippen LogP contribution in [0.1, 0.15) is 21.5 Å². The number of carbonyl (C=O) groups is 1. The molecule has 0 aliphatic carbocycles. The second kappa shape index (κ2) is 9.91. The standard InChI is InChI=1S/C24H18F3N3O2S/c25-24(26,27)19-8-6-18(7-9-19)22(31)15-33-23-29-28-16-30(23)20-10-12-21(13-11-20)32-14-17-4-2-1-3-5-17/h1-13,16H,14-15H2. The van der Waals surface area contributed by atoms with Crippen molar-refractivity contribution in [2.24, 2.45) is 0 Å². The van der Waals surface area contributed by atoms with E-state index in [2.05, 4.69) is 10.2 Å². The molecular formula is C24H18F3N3O2S. The van der Waals surface area contributed by atoms with Gasteiger partial charge in [0.2, 0.25) is 0 Å². The normalized spacial score (nSPS) is 11.4. The molecule has 0 bridgehead atoms. The summed E-state index contributed by atoms with van der Waals surface area (Å²) in [6.07, 6.45) is -2.90. The highest BCUT2D eigenvalue weighted by molar-refractivity contribution is 7.99. The molecule has 0 amide bonds. The van der Waals surface area contributed by atoms with Crippen LogP contribution in [0.2, 0.25) is 0 Å². The number of carbonyl (C=O) groups excluding carboxylic acids is 1. The van der Waals surface area contributed by atoms with E-state index in [0.717, 1.165) is 35.1 Å². The lowest BCUT2D eigenvalue weighted by atomic mass is 10.1. The minimum atomic E-state index is -4.44. The Bertz CT molecular complexity index is 1210. The number of thioether (sulfide) groups is 1. The van der Waals surface area contributed by atoms with Crippen molar-refractivity contribution in [1.82, 2.24) is 14.8 Å². The van der Waals surface area contributed by atoms with E-state index in [0.29, 0.717) is 17.5 Å². The van der Waals surface area contributed by atoms with Crippen LogP contribution in [0.5, 0.6) is 5.75 Å². The van der Waals surface area contributed by atoms with Crippen molar-refractivity contribution in [1.29, 1.82) is 0 Å². The van der Waals surface area contributed by atoms with E-state index in [1.807, 2.05) is 54.6 Å². The van der Waals surface area contributed by atoms with Crippen molar-refractivity contribution in [2.75, 3.05) is 5.75 Å². The Kier molecular flexibility index (Phi) is 6.79. The van der Waals surface area contributed by atoms with Crippen LogP contribution < -0.4 is 4.74 Å². The molecule has 0 unspecified atom stereocenters. The minimum Gasteiger partial charge on any atom is -0.489 e. The van der Waals surface area contributed by atoms with Crippen LogP contribution in [0.15, 0.2) is 90.3 Å². The number of ketones is 1. The Balaban J connectivity index is 1.37. The molecule has 0 saturated heterocycles. The van der Waals surface area contributed by atoms with Crippen LogP contribution in [0.4, 0.5) is 13.2 Å². The zero-order valence-corrected chi connectivity index (χ0v) is 18.0. The van der Waals surface area contributed by atoms with Gasteiger partial charge in [0.15, 0.2) is 10.9 Å². The monoisotopic (exact) mass is 469 g/mol. The molecular weight excluding hydrogens is 451 g/mol. The highest BCUT2D eigenvalue weighted by Gasteiger charge is 2.30. The summed E-state index contributed by atoms with van der Waals surface area (Å²) in [6, 6.07) is 21.4. The molecule has 0 aliphatic heterocycles. The van der Waals surface area contributed by atoms with Crippen LogP contribution in [0.3, 0.4) is 0 Å². The molecule has 0 fully saturated rings. The Hall–Kier alpha value is -3.59. The lowest BCUT2D eigenvalue weighted by Gasteiger charge is -2.09. The fourth-order valence-electron chi connectivity index (χ4n) is 3.00. The number of alkyl halides is 3. The molecule has 0 N–H and O–H groups in total. The zero-order chi connectivity index (χ0) is 23.3. The third kappa shape index (κ3) is 5.81. The lowest BCUT2D eigenvalue weighted by molar-refractivity contribution is -0.137. The maximum Gasteiger partial charge on any atom is 0.416 e. The molecule has 33 heavy (non-hydrogen) atoms. The Morgan fingerprint density at radius 2 is 1.64 bits per heavy atom. The molecule has 1 heterocycles. The fourth-order valence-corrected chi connectivity index (χ4v) is 3.83. The summed E-state index contributed by atoms with van der Waals surface area (Å²) >= 11 is 1.16. The van der Waals surface area contributed by atoms with Crippen molar-refractivity contribution >= 4 is 17.5 Å². The summed E-state index contributed by atoms with van der Waals surface area (Å²) in [5.41, 5.74) is 1.28. The number of Topliss-reactive ketones (excluding diaryl/α,β-unsaturated/α-hetero) is 1. The van der Waals surface area contributed by atoms with Gasteiger partial charge in [-0.05, 0) is 42.0 Å². The molecule has 4 rings (SSSR count). The van der Waals surface area contributed by atoms with Crippen molar-refractivity contribution in [2.45, 2.75) is 17.9 Å². The zero-order valence-electron chi connectivity index (χ0n) is 17.2. The van der Waals surface area contributed by atoms with Crippen LogP contribution in [0, 0.1) is 0 Å². The largest absolute Gasteiger partial charge is 0.489 e. The van der Waals surface area contributed by atoms with E-state index in [-0.39, 0.29) is 17.1 Å². The van der Waals surface area contributed by atoms with E-state index in [1.165, 1.54) is 18.5 Å². The predicted octanol–water partition coefficient (Wildman–Crippen LogP) is 5.84. The molecule has 0 spiro atoms. The van der Waals surface area contributed by atoms with Gasteiger partial charge >= 0.3 is 6.18 Å². The smallest absolute Gasteiger partial charge is 0.416 e. The van der Waals surface area contributed by atoms with Gasteiger partial charge in [-0.2, -0.15) is 13.2 Å². The quantitative estimate of drug-likeness (QED) is 0.240. The third-order valence-corrected chi connectivity index (χ3v) is 5.69. The minimum absolute atomic E-state index is 0.0162. The Labute approximate surface area is 192 Å². The third-order valence-electron chi connectivity index (χ3n) is 4.75. The van der Waals surface area contributed by atoms with Crippen LogP contribution in [-0.4, -0.2) is 26.3 Å². The maximum atomic E-state index is 12.7. The van der Waals surface area contributed by atoms with Gasteiger partial charge < -0.3 is 4.74 Å². The van der Waals surface area contributed by atoms with Crippen LogP contribution in [-0.2, 0) is 12.8 Å². The molecule has 0 aliphatic rings. The summed E-state index contributed by atoms with van der Waals surface area (Å²) in [5.74, 6) is 0.429. The summed E-state index contributed by atoms with van der Waals surface area (Å²) in [5, 5.41) is 8.45. The Morgan fingerprint density at radius 3 is 2.30 bits per heavy atom. The fraction of sp³-hybridized carbons (Fsp3) is 0.125. The molecule has 1 aromatic heterocycles. The summed E-state index contributed by atoms with van der Waals surface area (Å²) in [6.45, 7) is 0.458. The number of hydrogen-bond acceptors (Lipinski definition) is 5. The number of benzene rings is 3. The second-order valence-corrected chi connectivity index (χ2v) is 7.98. The lowest BCUT2D eigenvalue weighted by Crippen LogP contribution is -2.07. The average molecular weight is 469 g/mol. The van der Waals surface area contributed by atoms with Crippen molar-refractivity contribution < 1.29 is 22.7 Å². The molecule has 0 atom stereocenters. The van der Waals surface area contributed by atoms with E-state index >= 15 is 0 Å². The molecule has 9 heteroatoms. The Morgan fingerprint density at radius 1 is 0.939 bits per heavy atom. The molecule has 0 radical (unpaired) electrons. The first kappa shape index (κ1) is 22.6. The number of ether oxygens (including phenoxy) is 1. The van der Waals surface area contributed by atoms with Gasteiger partial charge in [-0.25, -0.2) is 0 Å². The molecule has 5 nitrogen and oxygen atoms in total. The second-order valence-electron chi connectivity index (χ2n) is 7.04. The van der Waals surface area contributed by atoms with Crippen molar-refractivity contribution in [3.63, 3.8) is 0 Å². The number of hydrogen-bond donors (Lipinski definition) is 0. The topological polar surface area (TPSA) is 57.0 Å². The van der Waals surface area contributed by atoms with Gasteiger partial charge in [-0.3, -0.25) is 9.36 Å². The van der Waals surface area contributed by atoms with Gasteiger partial charge in [-0.1, -0.05) is 54.2 Å². The highest BCUT2D eigenvalue weighted by atomic mass is 32.2. The van der Waals surface area contributed by atoms with Gasteiger partial charge in [0.25, 0.3) is 0 Å². The number of aromatic nitrogens is 3. The molecule has 4 aromatic rings. The molecule has 0 saturated carbocycles. The predicted molar refractivity (Wildman–Crippen MR) is 119 cm³/mol. The number of rotatable bonds is 8. The maximum absolute atomic E-state index is 12.7. The van der Waals surface area contributed by atoms with Gasteiger partial charge in [0.1, 0.15) is 18.7 Å². The summed E-state index contributed by atoms with van der Waals surface area (Å²) in [7, 11) is 0. The van der Waals surface area contributed by atoms with Crippen LogP contribution in [0.25, 0.3) is 5.69 Å². The molecule has 3 aromatic carbocycles. The van der Waals surface area contributed by atoms with Crippen molar-refractivity contribution in [3.05, 3.63) is 102 Å². The summed E-state index contributed by atoms with van der Waals surface area (Å²) in [4.78, 5) is 12.4. The van der Waals surface area contributed by atoms with E-state index in [1.54, 1.807) is 4.57 Å². The first-order valence-electron chi connectivity index (χ1n) is 9.90. The highest BCUT2D eigenvalue weighted by Crippen LogP contribution is 2.29. The average Bonchev–Trinajstić information content (AvgIpc) is 3.30. The number of nitrogens with zero attached hydrogens (tertiary/aromatic N) is 3. The first-order chi connectivity index (χ1) is 15.9. The van der Waals surface area contributed by atoms with E-state index in [9.17, 15) is 18.0 Å². The van der Waals surface area contributed by atoms with Gasteiger partial charge in [0.05, 0.1) is 11.3 Å². The number of halogens is 3. The van der Waals surface area contributed by atoms with Crippen LogP contribution >= 0.6 is 11.8 Å². The SMILES string of the molecule is O=C(CSc1nncn1-c1ccc(OCc2ccccc2)cc1)c1ccc(C(F)(F)F)cc1. The van der Waals surface area contributed by atoms with E-state index < -0.39 is 11.7 Å². The van der Waals surface area contributed by atoms with E-state index in [4.69, 9.17) is 4.74 Å². The first-order valence-corrected chi connectivity index (χ1v) is 10.9. The van der Waals surface area contributed by atoms with Crippen molar-refractivity contribution in [3.8, 4) is 11.4 Å². The summed E-state index contributed by atoms with van der Waals surface area (Å²) < 4.78 is 45.6. The van der Waals surface area contributed by atoms with Gasteiger partial charge in [-0.15, -0.1) is 10.2 Å². The molecule has 168 valence electrons.